The van der Waals surface area contributed by atoms with Crippen LogP contribution in [0.25, 0.3) is 22.9 Å². The van der Waals surface area contributed by atoms with Gasteiger partial charge in [0.05, 0.1) is 10.8 Å². The summed E-state index contributed by atoms with van der Waals surface area (Å²) in [4.78, 5) is 0. The molecule has 0 bridgehead atoms. The molecule has 8 rings (SSSR count). The summed E-state index contributed by atoms with van der Waals surface area (Å²) in [6.07, 6.45) is 4.73. The Bertz CT molecular complexity index is 2370. The lowest BCUT2D eigenvalue weighted by atomic mass is 9.73. The van der Waals surface area contributed by atoms with E-state index in [1.54, 1.807) is 0 Å². The first-order valence-corrected chi connectivity index (χ1v) is 21.8. The molecule has 0 amide bonds. The van der Waals surface area contributed by atoms with E-state index in [0.717, 1.165) is 78.0 Å². The van der Waals surface area contributed by atoms with Crippen molar-refractivity contribution in [3.05, 3.63) is 154 Å². The molecule has 0 N–H and O–H groups in total. The van der Waals surface area contributed by atoms with Crippen molar-refractivity contribution >= 4 is 22.9 Å². The lowest BCUT2D eigenvalue weighted by Gasteiger charge is -2.37. The number of fused-ring (bicyclic) bond motifs is 5. The maximum absolute atomic E-state index is 6.96. The van der Waals surface area contributed by atoms with E-state index in [1.165, 1.54) is 0 Å². The van der Waals surface area contributed by atoms with Gasteiger partial charge in [-0.15, -0.1) is 0 Å². The molecule has 6 heteroatoms. The first kappa shape index (κ1) is 42.8. The molecule has 0 aliphatic carbocycles. The van der Waals surface area contributed by atoms with Gasteiger partial charge in [-0.2, -0.15) is 0 Å². The highest BCUT2D eigenvalue weighted by molar-refractivity contribution is 5.95. The van der Waals surface area contributed by atoms with Crippen molar-refractivity contribution < 1.29 is 28.4 Å². The zero-order valence-corrected chi connectivity index (χ0v) is 38.6. The van der Waals surface area contributed by atoms with Crippen LogP contribution in [-0.4, -0.2) is 35.6 Å². The molecule has 0 radical (unpaired) electrons. The van der Waals surface area contributed by atoms with Crippen LogP contribution in [-0.2, 0) is 10.8 Å². The van der Waals surface area contributed by atoms with E-state index in [2.05, 4.69) is 217 Å². The molecule has 2 aliphatic rings. The number of hydrogen-bond acceptors (Lipinski definition) is 6. The summed E-state index contributed by atoms with van der Waals surface area (Å²) < 4.78 is 38.8. The first-order valence-electron chi connectivity index (χ1n) is 21.8. The molecule has 0 unspecified atom stereocenters. The van der Waals surface area contributed by atoms with Crippen molar-refractivity contribution in [1.29, 1.82) is 0 Å². The quantitative estimate of drug-likeness (QED) is 0.152. The topological polar surface area (TPSA) is 55.4 Å². The Morgan fingerprint density at radius 2 is 0.581 bits per heavy atom. The Morgan fingerprint density at radius 3 is 0.806 bits per heavy atom. The molecule has 2 heterocycles. The van der Waals surface area contributed by atoms with Gasteiger partial charge < -0.3 is 28.4 Å². The van der Waals surface area contributed by atoms with E-state index in [0.29, 0.717) is 13.2 Å². The highest BCUT2D eigenvalue weighted by atomic mass is 16.5. The monoisotopic (exact) mass is 830 g/mol. The third kappa shape index (κ3) is 9.02. The summed E-state index contributed by atoms with van der Waals surface area (Å²) >= 11 is 0. The smallest absolute Gasteiger partial charge is 0.134 e. The second-order valence-corrected chi connectivity index (χ2v) is 20.8. The predicted octanol–water partition coefficient (Wildman–Crippen LogP) is 11.9. The van der Waals surface area contributed by atoms with Crippen LogP contribution in [0.5, 0.6) is 34.5 Å². The summed E-state index contributed by atoms with van der Waals surface area (Å²) in [5.74, 6) is 5.03. The fraction of sp³-hybridized carbons (Fsp3) is 0.357. The molecular weight excluding hydrogens is 769 g/mol. The van der Waals surface area contributed by atoms with Crippen molar-refractivity contribution in [1.82, 2.24) is 0 Å². The summed E-state index contributed by atoms with van der Waals surface area (Å²) in [5, 5.41) is 4.08. The molecule has 0 saturated carbocycles. The van der Waals surface area contributed by atoms with Crippen LogP contribution in [0.4, 0.5) is 0 Å². The fourth-order valence-electron chi connectivity index (χ4n) is 8.62. The highest BCUT2D eigenvalue weighted by Crippen LogP contribution is 2.43. The van der Waals surface area contributed by atoms with Crippen LogP contribution in [0.1, 0.15) is 105 Å². The summed E-state index contributed by atoms with van der Waals surface area (Å²) in [7, 11) is 0. The number of benzene rings is 6. The maximum Gasteiger partial charge on any atom is 0.134 e. The number of rotatable bonds is 8. The van der Waals surface area contributed by atoms with E-state index < -0.39 is 10.8 Å². The van der Waals surface area contributed by atoms with Crippen molar-refractivity contribution in [2.45, 2.75) is 116 Å². The average molecular weight is 831 g/mol. The molecule has 6 aromatic rings. The molecule has 62 heavy (non-hydrogen) atoms. The first-order chi connectivity index (χ1) is 29.1. The SMILES string of the molecule is CC(C)(C)Oc1ccc(C2(c3ccc(OC(C)(C)C)cc3)C=c3ccc4c5c(ccc4c3OC2)=CC(c2ccc(OC(C)(C)C)cc2)(c2ccc(OC(C)(C)C)cc2)CO5)cc1. The van der Waals surface area contributed by atoms with Gasteiger partial charge in [0.15, 0.2) is 0 Å². The third-order valence-electron chi connectivity index (χ3n) is 11.0. The van der Waals surface area contributed by atoms with Gasteiger partial charge in [-0.05, 0) is 166 Å². The molecule has 322 valence electrons. The minimum atomic E-state index is -0.569. The minimum Gasteiger partial charge on any atom is -0.491 e. The molecular formula is C56H62O6. The highest BCUT2D eigenvalue weighted by Gasteiger charge is 2.39. The Balaban J connectivity index is 1.24. The lowest BCUT2D eigenvalue weighted by molar-refractivity contribution is 0.130. The van der Waals surface area contributed by atoms with Gasteiger partial charge in [0, 0.05) is 21.2 Å². The molecule has 0 atom stereocenters. The van der Waals surface area contributed by atoms with Crippen LogP contribution < -0.4 is 38.9 Å². The Morgan fingerprint density at radius 1 is 0.339 bits per heavy atom. The Labute approximate surface area is 368 Å². The summed E-state index contributed by atoms with van der Waals surface area (Å²) in [6.45, 7) is 25.6. The van der Waals surface area contributed by atoms with Crippen LogP contribution in [0.3, 0.4) is 0 Å². The second-order valence-electron chi connectivity index (χ2n) is 20.8. The molecule has 0 saturated heterocycles. The van der Waals surface area contributed by atoms with Gasteiger partial charge in [0.2, 0.25) is 0 Å². The Kier molecular flexibility index (Phi) is 10.7. The Hall–Kier alpha value is -5.88. The lowest BCUT2D eigenvalue weighted by Crippen LogP contribution is -2.39. The zero-order valence-electron chi connectivity index (χ0n) is 38.6. The number of hydrogen-bond donors (Lipinski definition) is 0. The van der Waals surface area contributed by atoms with Crippen molar-refractivity contribution in [2.75, 3.05) is 13.2 Å². The van der Waals surface area contributed by atoms with E-state index in [4.69, 9.17) is 28.4 Å². The molecule has 6 aromatic carbocycles. The largest absolute Gasteiger partial charge is 0.491 e. The third-order valence-corrected chi connectivity index (χ3v) is 11.0. The standard InChI is InChI=1S/C56H62O6/c1-51(2,3)59-43-23-15-39(16-24-43)55(40-17-25-44(26-18-40)60-52(4,5)6)33-37-13-31-48-47(49(37)57-35-55)32-14-38-34-56(36-58-50(38)48,41-19-27-45(28-20-41)61-53(7,8)9)42-21-29-46(30-22-42)62-54(10,11)12/h13-34H,35-36H2,1-12H3. The molecule has 2 aliphatic heterocycles. The summed E-state index contributed by atoms with van der Waals surface area (Å²) in [5.41, 5.74) is 2.12. The van der Waals surface area contributed by atoms with Crippen molar-refractivity contribution in [2.24, 2.45) is 0 Å². The van der Waals surface area contributed by atoms with E-state index in [1.807, 2.05) is 0 Å². The minimum absolute atomic E-state index is 0.301. The van der Waals surface area contributed by atoms with Gasteiger partial charge in [-0.25, -0.2) is 0 Å². The van der Waals surface area contributed by atoms with E-state index >= 15 is 0 Å². The summed E-state index contributed by atoms with van der Waals surface area (Å²) in [6, 6.07) is 42.5. The van der Waals surface area contributed by atoms with Gasteiger partial charge >= 0.3 is 0 Å². The van der Waals surface area contributed by atoms with Gasteiger partial charge in [0.1, 0.15) is 70.1 Å². The van der Waals surface area contributed by atoms with Crippen LogP contribution in [0, 0.1) is 0 Å². The predicted molar refractivity (Wildman–Crippen MR) is 252 cm³/mol. The van der Waals surface area contributed by atoms with Gasteiger partial charge in [-0.1, -0.05) is 72.8 Å². The van der Waals surface area contributed by atoms with E-state index in [9.17, 15) is 0 Å². The van der Waals surface area contributed by atoms with Gasteiger partial charge in [-0.3, -0.25) is 0 Å². The fourth-order valence-corrected chi connectivity index (χ4v) is 8.62. The molecule has 6 nitrogen and oxygen atoms in total. The van der Waals surface area contributed by atoms with Crippen LogP contribution in [0.2, 0.25) is 0 Å². The zero-order chi connectivity index (χ0) is 44.3. The van der Waals surface area contributed by atoms with Gasteiger partial charge in [0.25, 0.3) is 0 Å². The van der Waals surface area contributed by atoms with Crippen molar-refractivity contribution in [3.8, 4) is 34.5 Å². The second kappa shape index (κ2) is 15.5. The maximum atomic E-state index is 6.96. The van der Waals surface area contributed by atoms with Crippen LogP contribution >= 0.6 is 0 Å². The molecule has 0 spiro atoms. The normalized spacial score (nSPS) is 15.7. The molecule has 0 fully saturated rings. The van der Waals surface area contributed by atoms with Crippen LogP contribution in [0.15, 0.2) is 121 Å². The van der Waals surface area contributed by atoms with E-state index in [-0.39, 0.29) is 22.4 Å². The number of ether oxygens (including phenoxy) is 6. The van der Waals surface area contributed by atoms with Crippen molar-refractivity contribution in [3.63, 3.8) is 0 Å². The molecule has 0 aromatic heterocycles. The average Bonchev–Trinajstić information content (AvgIpc) is 3.19.